The number of pyridine rings is 1. The Morgan fingerprint density at radius 3 is 2.56 bits per heavy atom. The minimum Gasteiger partial charge on any atom is -0.470 e. The topological polar surface area (TPSA) is 99.4 Å². The van der Waals surface area contributed by atoms with Crippen LogP contribution in [0.25, 0.3) is 5.69 Å². The fraction of sp³-hybridized carbons (Fsp3) is 0.286. The molecule has 9 nitrogen and oxygen atoms in total. The molecule has 0 bridgehead atoms. The maximum absolute atomic E-state index is 14.7. The van der Waals surface area contributed by atoms with E-state index in [0.717, 1.165) is 12.0 Å². The van der Waals surface area contributed by atoms with Crippen LogP contribution in [0.3, 0.4) is 0 Å². The summed E-state index contributed by atoms with van der Waals surface area (Å²) in [4.78, 5) is 31.0. The number of hydrogen-bond donors (Lipinski definition) is 0. The summed E-state index contributed by atoms with van der Waals surface area (Å²) in [7, 11) is 1.13. The van der Waals surface area contributed by atoms with E-state index in [1.807, 2.05) is 0 Å². The standard InChI is InChI=1S/C21H19F2N5O4/c1-31-21(30)15-8-9-24-19(18(15)23)32-13-6-7-17(22)27(12-13)20(29)14-4-2-3-5-16(14)28-25-10-11-26-28/h2-5,8-11,13,17H,6-7,12H2,1H3/t13-,17+/m1/s1. The second-order valence-corrected chi connectivity index (χ2v) is 7.01. The number of halogens is 2. The van der Waals surface area contributed by atoms with Gasteiger partial charge in [-0.2, -0.15) is 15.0 Å². The number of rotatable bonds is 5. The van der Waals surface area contributed by atoms with Gasteiger partial charge in [0.1, 0.15) is 11.7 Å². The molecule has 1 aliphatic rings. The number of alkyl halides is 1. The van der Waals surface area contributed by atoms with E-state index in [1.165, 1.54) is 29.5 Å². The lowest BCUT2D eigenvalue weighted by molar-refractivity contribution is -0.00384. The minimum absolute atomic E-state index is 0.00307. The number of likely N-dealkylation sites (tertiary alicyclic amines) is 1. The molecule has 4 rings (SSSR count). The molecule has 0 N–H and O–H groups in total. The molecule has 1 saturated heterocycles. The molecule has 11 heteroatoms. The van der Waals surface area contributed by atoms with Crippen molar-refractivity contribution in [1.82, 2.24) is 24.9 Å². The maximum Gasteiger partial charge on any atom is 0.341 e. The predicted molar refractivity (Wildman–Crippen MR) is 106 cm³/mol. The minimum atomic E-state index is -1.54. The number of methoxy groups -OCH3 is 1. The molecule has 32 heavy (non-hydrogen) atoms. The molecule has 0 radical (unpaired) electrons. The van der Waals surface area contributed by atoms with Crippen molar-refractivity contribution in [3.63, 3.8) is 0 Å². The number of carbonyl (C=O) groups excluding carboxylic acids is 2. The van der Waals surface area contributed by atoms with Crippen molar-refractivity contribution in [3.8, 4) is 11.6 Å². The molecule has 2 atom stereocenters. The molecule has 3 aromatic rings. The summed E-state index contributed by atoms with van der Waals surface area (Å²) in [6.45, 7) is -0.134. The van der Waals surface area contributed by atoms with Gasteiger partial charge in [-0.15, -0.1) is 0 Å². The molecule has 1 aromatic carbocycles. The first-order chi connectivity index (χ1) is 15.5. The molecule has 3 heterocycles. The fourth-order valence-corrected chi connectivity index (χ4v) is 3.47. The third-order valence-electron chi connectivity index (χ3n) is 5.04. The molecule has 2 aromatic heterocycles. The average Bonchev–Trinajstić information content (AvgIpc) is 3.35. The Labute approximate surface area is 181 Å². The number of nitrogens with zero attached hydrogens (tertiary/aromatic N) is 5. The van der Waals surface area contributed by atoms with Crippen LogP contribution in [-0.2, 0) is 4.74 Å². The number of aromatic nitrogens is 4. The lowest BCUT2D eigenvalue weighted by atomic mass is 10.0. The van der Waals surface area contributed by atoms with E-state index in [-0.39, 0.29) is 30.5 Å². The molecule has 1 amide bonds. The van der Waals surface area contributed by atoms with E-state index in [1.54, 1.807) is 24.3 Å². The smallest absolute Gasteiger partial charge is 0.341 e. The normalized spacial score (nSPS) is 18.3. The van der Waals surface area contributed by atoms with Crippen molar-refractivity contribution in [3.05, 3.63) is 65.9 Å². The summed E-state index contributed by atoms with van der Waals surface area (Å²) in [5.74, 6) is -2.84. The third kappa shape index (κ3) is 4.13. The Kier molecular flexibility index (Phi) is 6.06. The number of amides is 1. The number of carbonyl (C=O) groups is 2. The molecule has 0 saturated carbocycles. The zero-order valence-electron chi connectivity index (χ0n) is 17.0. The zero-order valence-corrected chi connectivity index (χ0v) is 17.0. The Bertz CT molecular complexity index is 1130. The summed E-state index contributed by atoms with van der Waals surface area (Å²) < 4.78 is 39.5. The summed E-state index contributed by atoms with van der Waals surface area (Å²) in [5, 5.41) is 8.06. The summed E-state index contributed by atoms with van der Waals surface area (Å²) >= 11 is 0. The molecule has 1 aliphatic heterocycles. The molecular formula is C21H19F2N5O4. The lowest BCUT2D eigenvalue weighted by Crippen LogP contribution is -2.49. The number of hydrogen-bond acceptors (Lipinski definition) is 7. The van der Waals surface area contributed by atoms with Gasteiger partial charge in [0, 0.05) is 12.6 Å². The van der Waals surface area contributed by atoms with E-state index < -0.39 is 36.0 Å². The van der Waals surface area contributed by atoms with Crippen LogP contribution in [0.4, 0.5) is 8.78 Å². The van der Waals surface area contributed by atoms with Gasteiger partial charge < -0.3 is 14.4 Å². The first-order valence-electron chi connectivity index (χ1n) is 9.79. The van der Waals surface area contributed by atoms with Gasteiger partial charge in [-0.1, -0.05) is 12.1 Å². The van der Waals surface area contributed by atoms with E-state index in [9.17, 15) is 18.4 Å². The van der Waals surface area contributed by atoms with E-state index in [0.29, 0.717) is 5.69 Å². The highest BCUT2D eigenvalue weighted by molar-refractivity contribution is 5.98. The second-order valence-electron chi connectivity index (χ2n) is 7.01. The molecular weight excluding hydrogens is 424 g/mol. The van der Waals surface area contributed by atoms with Crippen LogP contribution < -0.4 is 4.74 Å². The molecule has 0 unspecified atom stereocenters. The summed E-state index contributed by atoms with van der Waals surface area (Å²) in [6.07, 6.45) is 2.10. The third-order valence-corrected chi connectivity index (χ3v) is 5.04. The highest BCUT2D eigenvalue weighted by Crippen LogP contribution is 2.27. The Hall–Kier alpha value is -3.89. The zero-order chi connectivity index (χ0) is 22.7. The number of ether oxygens (including phenoxy) is 2. The highest BCUT2D eigenvalue weighted by atomic mass is 19.1. The number of esters is 1. The van der Waals surface area contributed by atoms with Crippen molar-refractivity contribution in [2.75, 3.05) is 13.7 Å². The van der Waals surface area contributed by atoms with Crippen molar-refractivity contribution >= 4 is 11.9 Å². The van der Waals surface area contributed by atoms with Gasteiger partial charge in [-0.05, 0) is 24.6 Å². The fourth-order valence-electron chi connectivity index (χ4n) is 3.47. The maximum atomic E-state index is 14.7. The van der Waals surface area contributed by atoms with Crippen LogP contribution in [0.5, 0.6) is 5.88 Å². The van der Waals surface area contributed by atoms with Crippen molar-refractivity contribution in [2.45, 2.75) is 25.2 Å². The van der Waals surface area contributed by atoms with E-state index in [2.05, 4.69) is 19.9 Å². The largest absolute Gasteiger partial charge is 0.470 e. The summed E-state index contributed by atoms with van der Waals surface area (Å²) in [5.41, 5.74) is 0.283. The van der Waals surface area contributed by atoms with Crippen molar-refractivity contribution < 1.29 is 27.8 Å². The average molecular weight is 443 g/mol. The van der Waals surface area contributed by atoms with Crippen LogP contribution in [-0.4, -0.2) is 62.8 Å². The van der Waals surface area contributed by atoms with Gasteiger partial charge in [0.05, 0.1) is 37.3 Å². The SMILES string of the molecule is COC(=O)c1ccnc(O[C@@H]2CC[C@@H](F)N(C(=O)c3ccccc3-n3nccn3)C2)c1F. The van der Waals surface area contributed by atoms with Gasteiger partial charge in [0.25, 0.3) is 11.8 Å². The highest BCUT2D eigenvalue weighted by Gasteiger charge is 2.35. The van der Waals surface area contributed by atoms with Gasteiger partial charge >= 0.3 is 5.97 Å². The van der Waals surface area contributed by atoms with Crippen molar-refractivity contribution in [1.29, 1.82) is 0 Å². The number of piperidine rings is 1. The van der Waals surface area contributed by atoms with Gasteiger partial charge in [0.2, 0.25) is 0 Å². The van der Waals surface area contributed by atoms with Gasteiger partial charge in [-0.25, -0.2) is 18.6 Å². The van der Waals surface area contributed by atoms with Gasteiger partial charge in [0.15, 0.2) is 12.1 Å². The lowest BCUT2D eigenvalue weighted by Gasteiger charge is -2.35. The number of para-hydroxylation sites is 1. The van der Waals surface area contributed by atoms with E-state index >= 15 is 0 Å². The van der Waals surface area contributed by atoms with Crippen LogP contribution in [0.15, 0.2) is 48.9 Å². The summed E-state index contributed by atoms with van der Waals surface area (Å²) in [6, 6.07) is 7.74. The first-order valence-corrected chi connectivity index (χ1v) is 9.79. The van der Waals surface area contributed by atoms with Crippen LogP contribution in [0.2, 0.25) is 0 Å². The Morgan fingerprint density at radius 2 is 1.81 bits per heavy atom. The Morgan fingerprint density at radius 1 is 1.06 bits per heavy atom. The number of benzene rings is 1. The molecule has 166 valence electrons. The first kappa shape index (κ1) is 21.3. The van der Waals surface area contributed by atoms with E-state index in [4.69, 9.17) is 4.74 Å². The van der Waals surface area contributed by atoms with Crippen molar-refractivity contribution in [2.24, 2.45) is 0 Å². The molecule has 0 aliphatic carbocycles. The monoisotopic (exact) mass is 443 g/mol. The predicted octanol–water partition coefficient (Wildman–Crippen LogP) is 2.57. The Balaban J connectivity index is 1.55. The molecule has 1 fully saturated rings. The second kappa shape index (κ2) is 9.08. The van der Waals surface area contributed by atoms with Gasteiger partial charge in [-0.3, -0.25) is 4.79 Å². The van der Waals surface area contributed by atoms with Crippen LogP contribution >= 0.6 is 0 Å². The van der Waals surface area contributed by atoms with Crippen LogP contribution in [0, 0.1) is 5.82 Å². The van der Waals surface area contributed by atoms with Crippen LogP contribution in [0.1, 0.15) is 33.6 Å². The quantitative estimate of drug-likeness (QED) is 0.441. The molecule has 0 spiro atoms.